The number of rotatable bonds is 3. The van der Waals surface area contributed by atoms with Crippen molar-refractivity contribution in [3.05, 3.63) is 70.0 Å². The van der Waals surface area contributed by atoms with E-state index in [1.54, 1.807) is 0 Å². The van der Waals surface area contributed by atoms with Crippen molar-refractivity contribution in [1.29, 1.82) is 0 Å². The maximum absolute atomic E-state index is 13.3. The SMILES string of the molecule is Cc1cc(C)cc(CC(O)c2cc(C)cc(F)c2)c1. The van der Waals surface area contributed by atoms with Gasteiger partial charge in [0.25, 0.3) is 0 Å². The van der Waals surface area contributed by atoms with Crippen molar-refractivity contribution in [3.63, 3.8) is 0 Å². The molecule has 0 fully saturated rings. The molecule has 0 aliphatic heterocycles. The highest BCUT2D eigenvalue weighted by Gasteiger charge is 2.11. The molecule has 19 heavy (non-hydrogen) atoms. The molecule has 2 aromatic rings. The molecule has 2 heteroatoms. The smallest absolute Gasteiger partial charge is 0.123 e. The first-order valence-corrected chi connectivity index (χ1v) is 6.46. The fraction of sp³-hybridized carbons (Fsp3) is 0.294. The quantitative estimate of drug-likeness (QED) is 0.881. The number of benzene rings is 2. The molecule has 0 heterocycles. The third kappa shape index (κ3) is 3.65. The highest BCUT2D eigenvalue weighted by molar-refractivity contribution is 5.31. The Kier molecular flexibility index (Phi) is 4.01. The van der Waals surface area contributed by atoms with E-state index in [0.29, 0.717) is 12.0 Å². The zero-order valence-electron chi connectivity index (χ0n) is 11.6. The molecule has 2 rings (SSSR count). The molecular weight excluding hydrogens is 239 g/mol. The maximum Gasteiger partial charge on any atom is 0.123 e. The number of hydrogen-bond donors (Lipinski definition) is 1. The molecule has 0 aromatic heterocycles. The summed E-state index contributed by atoms with van der Waals surface area (Å²) in [6.07, 6.45) is -0.165. The van der Waals surface area contributed by atoms with E-state index in [1.807, 2.05) is 26.8 Å². The molecule has 1 atom stereocenters. The van der Waals surface area contributed by atoms with Crippen LogP contribution in [-0.2, 0) is 6.42 Å². The van der Waals surface area contributed by atoms with Crippen LogP contribution < -0.4 is 0 Å². The third-order valence-corrected chi connectivity index (χ3v) is 3.16. The highest BCUT2D eigenvalue weighted by atomic mass is 19.1. The van der Waals surface area contributed by atoms with Crippen molar-refractivity contribution in [1.82, 2.24) is 0 Å². The number of aryl methyl sites for hydroxylation is 3. The maximum atomic E-state index is 13.3. The normalized spacial score (nSPS) is 12.5. The van der Waals surface area contributed by atoms with Crippen LogP contribution in [0.2, 0.25) is 0 Å². The molecule has 0 saturated carbocycles. The lowest BCUT2D eigenvalue weighted by Crippen LogP contribution is -2.03. The lowest BCUT2D eigenvalue weighted by molar-refractivity contribution is 0.178. The predicted octanol–water partition coefficient (Wildman–Crippen LogP) is 4.03. The van der Waals surface area contributed by atoms with Crippen molar-refractivity contribution in [3.8, 4) is 0 Å². The average Bonchev–Trinajstić information content (AvgIpc) is 2.25. The zero-order valence-corrected chi connectivity index (χ0v) is 11.6. The lowest BCUT2D eigenvalue weighted by Gasteiger charge is -2.13. The summed E-state index contributed by atoms with van der Waals surface area (Å²) in [6, 6.07) is 10.9. The Morgan fingerprint density at radius 1 is 0.895 bits per heavy atom. The van der Waals surface area contributed by atoms with Crippen LogP contribution in [0.4, 0.5) is 4.39 Å². The van der Waals surface area contributed by atoms with Crippen LogP contribution in [-0.4, -0.2) is 5.11 Å². The third-order valence-electron chi connectivity index (χ3n) is 3.16. The molecule has 0 aliphatic carbocycles. The Morgan fingerprint density at radius 2 is 1.47 bits per heavy atom. The van der Waals surface area contributed by atoms with Crippen LogP contribution in [0.3, 0.4) is 0 Å². The first kappa shape index (κ1) is 13.8. The Balaban J connectivity index is 2.22. The van der Waals surface area contributed by atoms with Crippen molar-refractivity contribution in [2.24, 2.45) is 0 Å². The summed E-state index contributed by atoms with van der Waals surface area (Å²) in [7, 11) is 0. The molecule has 0 bridgehead atoms. The Morgan fingerprint density at radius 3 is 2.05 bits per heavy atom. The standard InChI is InChI=1S/C17H19FO/c1-11-4-12(2)6-14(5-11)9-17(19)15-7-13(3)8-16(18)10-15/h4-8,10,17,19H,9H2,1-3H3. The van der Waals surface area contributed by atoms with Gasteiger partial charge in [-0.2, -0.15) is 0 Å². The first-order valence-electron chi connectivity index (χ1n) is 6.46. The van der Waals surface area contributed by atoms with Gasteiger partial charge in [-0.3, -0.25) is 0 Å². The number of aliphatic hydroxyl groups is 1. The van der Waals surface area contributed by atoms with Crippen molar-refractivity contribution in [2.45, 2.75) is 33.3 Å². The molecule has 0 saturated heterocycles. The second-order valence-corrected chi connectivity index (χ2v) is 5.28. The van der Waals surface area contributed by atoms with E-state index in [4.69, 9.17) is 0 Å². The molecule has 1 nitrogen and oxygen atoms in total. The topological polar surface area (TPSA) is 20.2 Å². The largest absolute Gasteiger partial charge is 0.388 e. The minimum atomic E-state index is -0.671. The summed E-state index contributed by atoms with van der Waals surface area (Å²) in [6.45, 7) is 5.90. The second-order valence-electron chi connectivity index (χ2n) is 5.28. The monoisotopic (exact) mass is 258 g/mol. The van der Waals surface area contributed by atoms with Crippen LogP contribution in [0, 0.1) is 26.6 Å². The molecule has 0 radical (unpaired) electrons. The van der Waals surface area contributed by atoms with Gasteiger partial charge in [0.2, 0.25) is 0 Å². The second kappa shape index (κ2) is 5.54. The van der Waals surface area contributed by atoms with Gasteiger partial charge >= 0.3 is 0 Å². The van der Waals surface area contributed by atoms with Crippen LogP contribution in [0.1, 0.15) is 33.9 Å². The Bertz CT molecular complexity index is 549. The molecule has 2 aromatic carbocycles. The fourth-order valence-electron chi connectivity index (χ4n) is 2.48. The van der Waals surface area contributed by atoms with Gasteiger partial charge in [-0.25, -0.2) is 4.39 Å². The Hall–Kier alpha value is -1.67. The molecule has 1 N–H and O–H groups in total. The highest BCUT2D eigenvalue weighted by Crippen LogP contribution is 2.21. The van der Waals surface area contributed by atoms with Crippen molar-refractivity contribution < 1.29 is 9.50 Å². The minimum Gasteiger partial charge on any atom is -0.388 e. The van der Waals surface area contributed by atoms with Gasteiger partial charge in [-0.1, -0.05) is 35.4 Å². The minimum absolute atomic E-state index is 0.297. The van der Waals surface area contributed by atoms with E-state index in [9.17, 15) is 9.50 Å². The number of halogens is 1. The zero-order chi connectivity index (χ0) is 14.0. The molecule has 0 aliphatic rings. The molecule has 1 unspecified atom stereocenters. The lowest BCUT2D eigenvalue weighted by atomic mass is 9.97. The number of hydrogen-bond acceptors (Lipinski definition) is 1. The van der Waals surface area contributed by atoms with Crippen LogP contribution in [0.25, 0.3) is 0 Å². The van der Waals surface area contributed by atoms with Crippen LogP contribution in [0.15, 0.2) is 36.4 Å². The van der Waals surface area contributed by atoms with E-state index in [1.165, 1.54) is 23.3 Å². The summed E-state index contributed by atoms with van der Waals surface area (Å²) >= 11 is 0. The van der Waals surface area contributed by atoms with Gasteiger partial charge in [0, 0.05) is 6.42 Å². The van der Waals surface area contributed by atoms with Gasteiger partial charge in [-0.05, 0) is 49.6 Å². The summed E-state index contributed by atoms with van der Waals surface area (Å²) in [5, 5.41) is 10.2. The van der Waals surface area contributed by atoms with E-state index in [2.05, 4.69) is 18.2 Å². The van der Waals surface area contributed by atoms with Crippen molar-refractivity contribution >= 4 is 0 Å². The van der Waals surface area contributed by atoms with E-state index >= 15 is 0 Å². The number of aliphatic hydroxyl groups excluding tert-OH is 1. The van der Waals surface area contributed by atoms with E-state index in [-0.39, 0.29) is 5.82 Å². The summed E-state index contributed by atoms with van der Waals surface area (Å²) in [4.78, 5) is 0. The first-order chi connectivity index (χ1) is 8.94. The van der Waals surface area contributed by atoms with Crippen LogP contribution >= 0.6 is 0 Å². The fourth-order valence-corrected chi connectivity index (χ4v) is 2.48. The van der Waals surface area contributed by atoms with E-state index < -0.39 is 6.10 Å². The van der Waals surface area contributed by atoms with Crippen LogP contribution in [0.5, 0.6) is 0 Å². The predicted molar refractivity (Wildman–Crippen MR) is 75.7 cm³/mol. The summed E-state index contributed by atoms with van der Waals surface area (Å²) in [5.74, 6) is -0.297. The van der Waals surface area contributed by atoms with E-state index in [0.717, 1.165) is 11.1 Å². The van der Waals surface area contributed by atoms with Crippen molar-refractivity contribution in [2.75, 3.05) is 0 Å². The summed E-state index contributed by atoms with van der Waals surface area (Å²) in [5.41, 5.74) is 4.90. The summed E-state index contributed by atoms with van der Waals surface area (Å²) < 4.78 is 13.3. The van der Waals surface area contributed by atoms with Gasteiger partial charge in [0.05, 0.1) is 6.10 Å². The van der Waals surface area contributed by atoms with Gasteiger partial charge in [0.15, 0.2) is 0 Å². The molecule has 0 amide bonds. The van der Waals surface area contributed by atoms with Gasteiger partial charge in [0.1, 0.15) is 5.82 Å². The Labute approximate surface area is 113 Å². The molecule has 0 spiro atoms. The molecular formula is C17H19FO. The molecule has 100 valence electrons. The average molecular weight is 258 g/mol. The van der Waals surface area contributed by atoms with Gasteiger partial charge in [-0.15, -0.1) is 0 Å². The van der Waals surface area contributed by atoms with Gasteiger partial charge < -0.3 is 5.11 Å².